The van der Waals surface area contributed by atoms with Crippen molar-refractivity contribution in [2.75, 3.05) is 26.1 Å². The molecule has 0 aliphatic rings. The zero-order valence-corrected chi connectivity index (χ0v) is 19.1. The van der Waals surface area contributed by atoms with Crippen LogP contribution in [0, 0.1) is 6.92 Å². The molecule has 0 saturated heterocycles. The molecule has 0 spiro atoms. The first kappa shape index (κ1) is 22.1. The lowest BCUT2D eigenvalue weighted by Crippen LogP contribution is -2.12. The fraction of sp³-hybridized carbons (Fsp3) is 0.185. The summed E-state index contributed by atoms with van der Waals surface area (Å²) in [5, 5.41) is 3.69. The molecule has 0 saturated carbocycles. The van der Waals surface area contributed by atoms with Gasteiger partial charge in [-0.1, -0.05) is 29.8 Å². The van der Waals surface area contributed by atoms with E-state index >= 15 is 0 Å². The van der Waals surface area contributed by atoms with Crippen LogP contribution in [0.1, 0.15) is 22.8 Å². The standard InChI is InChI=1S/C27H26N2O4/c1-5-33-25-16-23(18-8-6-17(2)7-9-18)29-22-12-10-19(14-21(22)25)27(30)28-20-11-13-24(31-3)26(15-20)32-4/h6-16H,5H2,1-4H3,(H,28,30). The van der Waals surface area contributed by atoms with Crippen molar-refractivity contribution in [2.24, 2.45) is 0 Å². The van der Waals surface area contributed by atoms with Gasteiger partial charge in [0.05, 0.1) is 32.0 Å². The van der Waals surface area contributed by atoms with E-state index in [0.29, 0.717) is 35.1 Å². The molecule has 0 fully saturated rings. The summed E-state index contributed by atoms with van der Waals surface area (Å²) in [6.07, 6.45) is 0. The van der Waals surface area contributed by atoms with E-state index in [4.69, 9.17) is 19.2 Å². The van der Waals surface area contributed by atoms with Crippen LogP contribution in [0.2, 0.25) is 0 Å². The lowest BCUT2D eigenvalue weighted by molar-refractivity contribution is 0.102. The van der Waals surface area contributed by atoms with Gasteiger partial charge >= 0.3 is 0 Å². The van der Waals surface area contributed by atoms with E-state index in [-0.39, 0.29) is 5.91 Å². The molecule has 1 amide bonds. The number of aromatic nitrogens is 1. The van der Waals surface area contributed by atoms with Crippen molar-refractivity contribution in [3.8, 4) is 28.5 Å². The second kappa shape index (κ2) is 9.61. The largest absolute Gasteiger partial charge is 0.493 e. The molecule has 1 N–H and O–H groups in total. The van der Waals surface area contributed by atoms with Gasteiger partial charge in [-0.2, -0.15) is 0 Å². The van der Waals surface area contributed by atoms with E-state index in [9.17, 15) is 4.79 Å². The molecule has 1 aromatic heterocycles. The first-order chi connectivity index (χ1) is 16.0. The second-order valence-electron chi connectivity index (χ2n) is 7.56. The third-order valence-electron chi connectivity index (χ3n) is 5.32. The Balaban J connectivity index is 1.68. The minimum absolute atomic E-state index is 0.242. The average Bonchev–Trinajstić information content (AvgIpc) is 2.84. The number of pyridine rings is 1. The zero-order valence-electron chi connectivity index (χ0n) is 19.1. The summed E-state index contributed by atoms with van der Waals surface area (Å²) in [7, 11) is 3.12. The second-order valence-corrected chi connectivity index (χ2v) is 7.56. The molecule has 0 unspecified atom stereocenters. The number of methoxy groups -OCH3 is 2. The van der Waals surface area contributed by atoms with Gasteiger partial charge in [0.1, 0.15) is 5.75 Å². The Morgan fingerprint density at radius 2 is 1.64 bits per heavy atom. The van der Waals surface area contributed by atoms with Crippen molar-refractivity contribution >= 4 is 22.5 Å². The van der Waals surface area contributed by atoms with Crippen LogP contribution in [0.3, 0.4) is 0 Å². The third kappa shape index (κ3) is 4.75. The Bertz CT molecular complexity index is 1300. The van der Waals surface area contributed by atoms with Crippen LogP contribution in [0.25, 0.3) is 22.2 Å². The Labute approximate surface area is 193 Å². The molecule has 33 heavy (non-hydrogen) atoms. The average molecular weight is 443 g/mol. The van der Waals surface area contributed by atoms with Crippen molar-refractivity contribution in [1.82, 2.24) is 4.98 Å². The van der Waals surface area contributed by atoms with Crippen LogP contribution < -0.4 is 19.5 Å². The van der Waals surface area contributed by atoms with Gasteiger partial charge in [-0.05, 0) is 44.2 Å². The molecule has 4 aromatic rings. The lowest BCUT2D eigenvalue weighted by Gasteiger charge is -2.13. The monoisotopic (exact) mass is 442 g/mol. The van der Waals surface area contributed by atoms with Crippen LogP contribution in [0.5, 0.6) is 17.2 Å². The molecule has 3 aromatic carbocycles. The van der Waals surface area contributed by atoms with Gasteiger partial charge in [0, 0.05) is 34.3 Å². The minimum Gasteiger partial charge on any atom is -0.493 e. The summed E-state index contributed by atoms with van der Waals surface area (Å²) in [6.45, 7) is 4.50. The van der Waals surface area contributed by atoms with Crippen LogP contribution in [-0.4, -0.2) is 31.7 Å². The zero-order chi connectivity index (χ0) is 23.4. The van der Waals surface area contributed by atoms with Crippen LogP contribution in [-0.2, 0) is 0 Å². The van der Waals surface area contributed by atoms with Crippen LogP contribution in [0.4, 0.5) is 5.69 Å². The Morgan fingerprint density at radius 1 is 0.879 bits per heavy atom. The molecular formula is C27H26N2O4. The Morgan fingerprint density at radius 3 is 2.33 bits per heavy atom. The predicted molar refractivity (Wildman–Crippen MR) is 131 cm³/mol. The van der Waals surface area contributed by atoms with Crippen LogP contribution >= 0.6 is 0 Å². The molecule has 0 aliphatic heterocycles. The number of benzene rings is 3. The van der Waals surface area contributed by atoms with E-state index in [2.05, 4.69) is 24.4 Å². The maximum atomic E-state index is 13.0. The third-order valence-corrected chi connectivity index (χ3v) is 5.32. The topological polar surface area (TPSA) is 69.7 Å². The quantitative estimate of drug-likeness (QED) is 0.387. The molecule has 0 aliphatic carbocycles. The van der Waals surface area contributed by atoms with Gasteiger partial charge in [0.2, 0.25) is 0 Å². The highest BCUT2D eigenvalue weighted by Gasteiger charge is 2.14. The van der Waals surface area contributed by atoms with E-state index < -0.39 is 0 Å². The molecule has 0 atom stereocenters. The molecule has 6 nitrogen and oxygen atoms in total. The lowest BCUT2D eigenvalue weighted by atomic mass is 10.1. The number of rotatable bonds is 7. The molecule has 0 radical (unpaired) electrons. The van der Waals surface area contributed by atoms with Gasteiger partial charge in [0.25, 0.3) is 5.91 Å². The fourth-order valence-electron chi connectivity index (χ4n) is 3.60. The maximum Gasteiger partial charge on any atom is 0.255 e. The number of hydrogen-bond acceptors (Lipinski definition) is 5. The molecule has 0 bridgehead atoms. The van der Waals surface area contributed by atoms with Crippen molar-refractivity contribution in [3.05, 3.63) is 77.9 Å². The summed E-state index contributed by atoms with van der Waals surface area (Å²) in [5.41, 5.74) is 4.90. The number of ether oxygens (including phenoxy) is 3. The number of aryl methyl sites for hydroxylation is 1. The van der Waals surface area contributed by atoms with E-state index in [1.54, 1.807) is 38.5 Å². The number of anilines is 1. The smallest absolute Gasteiger partial charge is 0.255 e. The van der Waals surface area contributed by atoms with Crippen molar-refractivity contribution < 1.29 is 19.0 Å². The number of carbonyl (C=O) groups is 1. The van der Waals surface area contributed by atoms with E-state index in [0.717, 1.165) is 22.2 Å². The van der Waals surface area contributed by atoms with Crippen molar-refractivity contribution in [2.45, 2.75) is 13.8 Å². The number of fused-ring (bicyclic) bond motifs is 1. The van der Waals surface area contributed by atoms with Gasteiger partial charge in [-0.3, -0.25) is 4.79 Å². The minimum atomic E-state index is -0.242. The molecule has 4 rings (SSSR count). The Hall–Kier alpha value is -4.06. The first-order valence-electron chi connectivity index (χ1n) is 10.7. The van der Waals surface area contributed by atoms with E-state index in [1.165, 1.54) is 5.56 Å². The van der Waals surface area contributed by atoms with Gasteiger partial charge in [-0.25, -0.2) is 4.98 Å². The highest BCUT2D eigenvalue weighted by atomic mass is 16.5. The summed E-state index contributed by atoms with van der Waals surface area (Å²) in [5.74, 6) is 1.59. The molecule has 1 heterocycles. The maximum absolute atomic E-state index is 13.0. The summed E-state index contributed by atoms with van der Waals surface area (Å²) >= 11 is 0. The van der Waals surface area contributed by atoms with Crippen molar-refractivity contribution in [3.63, 3.8) is 0 Å². The Kier molecular flexibility index (Phi) is 6.45. The highest BCUT2D eigenvalue weighted by Crippen LogP contribution is 2.32. The van der Waals surface area contributed by atoms with Crippen molar-refractivity contribution in [1.29, 1.82) is 0 Å². The molecule has 168 valence electrons. The number of nitrogens with one attached hydrogen (secondary N) is 1. The summed E-state index contributed by atoms with van der Waals surface area (Å²) in [6, 6.07) is 20.8. The predicted octanol–water partition coefficient (Wildman–Crippen LogP) is 5.88. The number of carbonyl (C=O) groups excluding carboxylic acids is 1. The fourth-order valence-corrected chi connectivity index (χ4v) is 3.60. The number of hydrogen-bond donors (Lipinski definition) is 1. The van der Waals surface area contributed by atoms with Gasteiger partial charge < -0.3 is 19.5 Å². The number of nitrogens with zero attached hydrogens (tertiary/aromatic N) is 1. The van der Waals surface area contributed by atoms with Gasteiger partial charge in [0.15, 0.2) is 11.5 Å². The molecular weight excluding hydrogens is 416 g/mol. The SMILES string of the molecule is CCOc1cc(-c2ccc(C)cc2)nc2ccc(C(=O)Nc3ccc(OC)c(OC)c3)cc12. The molecule has 6 heteroatoms. The van der Waals surface area contributed by atoms with Gasteiger partial charge in [-0.15, -0.1) is 0 Å². The van der Waals surface area contributed by atoms with Crippen LogP contribution in [0.15, 0.2) is 66.7 Å². The highest BCUT2D eigenvalue weighted by molar-refractivity contribution is 6.07. The normalized spacial score (nSPS) is 10.7. The summed E-state index contributed by atoms with van der Waals surface area (Å²) < 4.78 is 16.5. The number of amides is 1. The first-order valence-corrected chi connectivity index (χ1v) is 10.7. The van der Waals surface area contributed by atoms with E-state index in [1.807, 2.05) is 37.3 Å². The summed E-state index contributed by atoms with van der Waals surface area (Å²) in [4.78, 5) is 17.8.